The van der Waals surface area contributed by atoms with Crippen LogP contribution in [0.5, 0.6) is 0 Å². The van der Waals surface area contributed by atoms with E-state index in [-0.39, 0.29) is 17.4 Å². The molecule has 0 spiro atoms. The third-order valence-electron chi connectivity index (χ3n) is 3.68. The first kappa shape index (κ1) is 13.5. The second-order valence-electron chi connectivity index (χ2n) is 6.42. The Kier molecular flexibility index (Phi) is 4.00. The van der Waals surface area contributed by atoms with Crippen molar-refractivity contribution in [1.29, 1.82) is 0 Å². The van der Waals surface area contributed by atoms with Crippen LogP contribution in [0.3, 0.4) is 0 Å². The fourth-order valence-electron chi connectivity index (χ4n) is 2.10. The van der Waals surface area contributed by atoms with Crippen LogP contribution in [-0.4, -0.2) is 29.9 Å². The van der Waals surface area contributed by atoms with Gasteiger partial charge in [-0.2, -0.15) is 0 Å². The number of nitrogens with two attached hydrogens (primary N) is 1. The molecule has 0 aromatic rings. The normalized spacial score (nSPS) is 23.9. The highest BCUT2D eigenvalue weighted by Gasteiger charge is 2.35. The van der Waals surface area contributed by atoms with Gasteiger partial charge in [-0.05, 0) is 23.7 Å². The Bertz CT molecular complexity index is 255. The van der Waals surface area contributed by atoms with Gasteiger partial charge in [0.05, 0.1) is 6.04 Å². The summed E-state index contributed by atoms with van der Waals surface area (Å²) < 4.78 is 0. The molecule has 2 unspecified atom stereocenters. The van der Waals surface area contributed by atoms with Crippen molar-refractivity contribution >= 4 is 5.91 Å². The van der Waals surface area contributed by atoms with Crippen molar-refractivity contribution in [3.8, 4) is 0 Å². The molecular formula is C13H26N2O. The highest BCUT2D eigenvalue weighted by Crippen LogP contribution is 2.26. The topological polar surface area (TPSA) is 46.3 Å². The van der Waals surface area contributed by atoms with Gasteiger partial charge in [0, 0.05) is 13.1 Å². The minimum Gasteiger partial charge on any atom is -0.341 e. The molecule has 1 amide bonds. The van der Waals surface area contributed by atoms with E-state index in [9.17, 15) is 4.79 Å². The number of rotatable bonds is 2. The predicted molar refractivity (Wildman–Crippen MR) is 67.0 cm³/mol. The second-order valence-corrected chi connectivity index (χ2v) is 6.42. The number of carbonyl (C=O) groups excluding carboxylic acids is 1. The van der Waals surface area contributed by atoms with Gasteiger partial charge in [-0.25, -0.2) is 0 Å². The third-order valence-corrected chi connectivity index (χ3v) is 3.68. The van der Waals surface area contributed by atoms with Crippen LogP contribution in [0.4, 0.5) is 0 Å². The highest BCUT2D eigenvalue weighted by atomic mass is 16.2. The average molecular weight is 226 g/mol. The molecule has 16 heavy (non-hydrogen) atoms. The summed E-state index contributed by atoms with van der Waals surface area (Å²) in [5.74, 6) is 1.43. The summed E-state index contributed by atoms with van der Waals surface area (Å²) in [7, 11) is 0. The Hall–Kier alpha value is -0.570. The molecule has 1 rings (SSSR count). The summed E-state index contributed by atoms with van der Waals surface area (Å²) in [6.45, 7) is 12.3. The largest absolute Gasteiger partial charge is 0.341 e. The Labute approximate surface area is 99.4 Å². The van der Waals surface area contributed by atoms with E-state index in [0.717, 1.165) is 19.5 Å². The van der Waals surface area contributed by atoms with Gasteiger partial charge >= 0.3 is 0 Å². The van der Waals surface area contributed by atoms with Crippen LogP contribution in [0.15, 0.2) is 0 Å². The maximum Gasteiger partial charge on any atom is 0.240 e. The smallest absolute Gasteiger partial charge is 0.240 e. The summed E-state index contributed by atoms with van der Waals surface area (Å²) in [5.41, 5.74) is 5.86. The van der Waals surface area contributed by atoms with E-state index in [0.29, 0.717) is 11.8 Å². The minimum absolute atomic E-state index is 0.121. The van der Waals surface area contributed by atoms with Crippen LogP contribution in [0.1, 0.15) is 41.0 Å². The lowest BCUT2D eigenvalue weighted by molar-refractivity contribution is -0.134. The molecule has 2 N–H and O–H groups in total. The molecule has 0 aromatic heterocycles. The fourth-order valence-corrected chi connectivity index (χ4v) is 2.10. The molecular weight excluding hydrogens is 200 g/mol. The first-order chi connectivity index (χ1) is 7.23. The molecule has 0 bridgehead atoms. The molecule has 94 valence electrons. The lowest BCUT2D eigenvalue weighted by Crippen LogP contribution is -2.49. The number of carbonyl (C=O) groups is 1. The molecule has 0 aromatic carbocycles. The highest BCUT2D eigenvalue weighted by molar-refractivity contribution is 5.82. The molecule has 1 fully saturated rings. The van der Waals surface area contributed by atoms with Gasteiger partial charge in [0.2, 0.25) is 5.91 Å². The van der Waals surface area contributed by atoms with Crippen molar-refractivity contribution in [3.63, 3.8) is 0 Å². The maximum atomic E-state index is 12.2. The van der Waals surface area contributed by atoms with Crippen LogP contribution in [0.25, 0.3) is 0 Å². The van der Waals surface area contributed by atoms with Gasteiger partial charge in [-0.1, -0.05) is 34.6 Å². The second kappa shape index (κ2) is 4.74. The van der Waals surface area contributed by atoms with Crippen molar-refractivity contribution in [2.75, 3.05) is 13.1 Å². The summed E-state index contributed by atoms with van der Waals surface area (Å²) in [4.78, 5) is 14.1. The van der Waals surface area contributed by atoms with Gasteiger partial charge in [0.25, 0.3) is 0 Å². The Balaban J connectivity index is 2.58. The van der Waals surface area contributed by atoms with Crippen molar-refractivity contribution in [2.24, 2.45) is 23.0 Å². The number of hydrogen-bond donors (Lipinski definition) is 1. The van der Waals surface area contributed by atoms with E-state index in [2.05, 4.69) is 13.8 Å². The van der Waals surface area contributed by atoms with Crippen LogP contribution >= 0.6 is 0 Å². The molecule has 1 heterocycles. The van der Waals surface area contributed by atoms with E-state index >= 15 is 0 Å². The maximum absolute atomic E-state index is 12.2. The fraction of sp³-hybridized carbons (Fsp3) is 0.923. The lowest BCUT2D eigenvalue weighted by atomic mass is 9.86. The summed E-state index contributed by atoms with van der Waals surface area (Å²) >= 11 is 0. The van der Waals surface area contributed by atoms with Gasteiger partial charge in [-0.3, -0.25) is 4.79 Å². The van der Waals surface area contributed by atoms with Crippen molar-refractivity contribution in [1.82, 2.24) is 4.90 Å². The van der Waals surface area contributed by atoms with E-state index < -0.39 is 0 Å². The van der Waals surface area contributed by atoms with Crippen LogP contribution in [0, 0.1) is 17.3 Å². The summed E-state index contributed by atoms with van der Waals surface area (Å²) in [6.07, 6.45) is 1.13. The van der Waals surface area contributed by atoms with Gasteiger partial charge in [-0.15, -0.1) is 0 Å². The Morgan fingerprint density at radius 2 is 1.94 bits per heavy atom. The van der Waals surface area contributed by atoms with Crippen LogP contribution in [-0.2, 0) is 4.79 Å². The predicted octanol–water partition coefficient (Wildman–Crippen LogP) is 1.86. The van der Waals surface area contributed by atoms with Gasteiger partial charge in [0.1, 0.15) is 0 Å². The number of nitrogens with zero attached hydrogens (tertiary/aromatic N) is 1. The third kappa shape index (κ3) is 2.97. The van der Waals surface area contributed by atoms with Crippen LogP contribution in [0.2, 0.25) is 0 Å². The average Bonchev–Trinajstić information content (AvgIpc) is 2.62. The van der Waals surface area contributed by atoms with E-state index in [4.69, 9.17) is 5.73 Å². The monoisotopic (exact) mass is 226 g/mol. The molecule has 2 atom stereocenters. The van der Waals surface area contributed by atoms with E-state index in [1.807, 2.05) is 25.7 Å². The molecule has 1 aliphatic rings. The first-order valence-electron chi connectivity index (χ1n) is 6.28. The summed E-state index contributed by atoms with van der Waals surface area (Å²) in [5, 5.41) is 0. The summed E-state index contributed by atoms with van der Waals surface area (Å²) in [6, 6.07) is -0.376. The zero-order chi connectivity index (χ0) is 12.5. The minimum atomic E-state index is -0.376. The molecule has 3 nitrogen and oxygen atoms in total. The standard InChI is InChI=1S/C13H26N2O/c1-9(2)10-6-7-15(8-10)12(16)11(14)13(3,4)5/h9-11H,6-8,14H2,1-5H3. The number of likely N-dealkylation sites (tertiary alicyclic amines) is 1. The zero-order valence-corrected chi connectivity index (χ0v) is 11.3. The van der Waals surface area contributed by atoms with Crippen molar-refractivity contribution < 1.29 is 4.79 Å². The molecule has 0 radical (unpaired) electrons. The zero-order valence-electron chi connectivity index (χ0n) is 11.3. The Morgan fingerprint density at radius 3 is 2.31 bits per heavy atom. The van der Waals surface area contributed by atoms with Crippen LogP contribution < -0.4 is 5.73 Å². The molecule has 1 saturated heterocycles. The van der Waals surface area contributed by atoms with Crippen molar-refractivity contribution in [2.45, 2.75) is 47.1 Å². The molecule has 0 saturated carbocycles. The molecule has 0 aliphatic carbocycles. The van der Waals surface area contributed by atoms with Gasteiger partial charge < -0.3 is 10.6 Å². The first-order valence-corrected chi connectivity index (χ1v) is 6.28. The van der Waals surface area contributed by atoms with E-state index in [1.54, 1.807) is 0 Å². The number of amides is 1. The van der Waals surface area contributed by atoms with Gasteiger partial charge in [0.15, 0.2) is 0 Å². The van der Waals surface area contributed by atoms with E-state index in [1.165, 1.54) is 0 Å². The lowest BCUT2D eigenvalue weighted by Gasteiger charge is -2.30. The Morgan fingerprint density at radius 1 is 1.38 bits per heavy atom. The molecule has 3 heteroatoms. The molecule has 1 aliphatic heterocycles. The number of hydrogen-bond acceptors (Lipinski definition) is 2. The van der Waals surface area contributed by atoms with Crippen molar-refractivity contribution in [3.05, 3.63) is 0 Å². The quantitative estimate of drug-likeness (QED) is 0.781. The SMILES string of the molecule is CC(C)C1CCN(C(=O)C(N)C(C)(C)C)C1.